The molecule has 4 aromatic rings. The van der Waals surface area contributed by atoms with Gasteiger partial charge in [0, 0.05) is 5.56 Å². The molecular formula is C15H11N5O2S. The first kappa shape index (κ1) is 13.6. The number of hydrogen-bond donors (Lipinski definition) is 2. The molecule has 23 heavy (non-hydrogen) atoms. The minimum atomic E-state index is -0.199. The lowest BCUT2D eigenvalue weighted by Crippen LogP contribution is -2.22. The molecule has 0 spiro atoms. The van der Waals surface area contributed by atoms with Gasteiger partial charge in [-0.25, -0.2) is 4.98 Å². The third kappa shape index (κ3) is 2.71. The molecule has 0 bridgehead atoms. The maximum Gasteiger partial charge on any atom is 0.251 e. The molecule has 0 aliphatic carbocycles. The number of aromatic amines is 1. The Morgan fingerprint density at radius 2 is 2.17 bits per heavy atom. The summed E-state index contributed by atoms with van der Waals surface area (Å²) in [6.45, 7) is 0.296. The van der Waals surface area contributed by atoms with Crippen molar-refractivity contribution in [2.24, 2.45) is 0 Å². The molecule has 2 N–H and O–H groups in total. The Bertz CT molecular complexity index is 957. The number of H-pyrrole nitrogens is 1. The molecule has 1 amide bonds. The van der Waals surface area contributed by atoms with Gasteiger partial charge in [-0.15, -0.1) is 11.3 Å². The largest absolute Gasteiger partial charge is 0.443 e. The predicted molar refractivity (Wildman–Crippen MR) is 84.9 cm³/mol. The number of hydrogen-bond acceptors (Lipinski definition) is 6. The highest BCUT2D eigenvalue weighted by molar-refractivity contribution is 7.13. The summed E-state index contributed by atoms with van der Waals surface area (Å²) in [5, 5.41) is 15.2. The number of nitrogens with zero attached hydrogens (tertiary/aromatic N) is 3. The van der Waals surface area contributed by atoms with Crippen LogP contribution in [0.15, 0.2) is 46.4 Å². The minimum absolute atomic E-state index is 0.199. The van der Waals surface area contributed by atoms with E-state index in [2.05, 4.69) is 25.7 Å². The van der Waals surface area contributed by atoms with Crippen LogP contribution in [0.4, 0.5) is 0 Å². The summed E-state index contributed by atoms with van der Waals surface area (Å²) in [6.07, 6.45) is 1.55. The van der Waals surface area contributed by atoms with Gasteiger partial charge in [0.05, 0.1) is 17.1 Å². The summed E-state index contributed by atoms with van der Waals surface area (Å²) in [6, 6.07) is 9.02. The SMILES string of the molecule is O=C(NCc1coc(-c2cccs2)n1)c1ccc2n[nH]nc2c1. The molecular weight excluding hydrogens is 314 g/mol. The quantitative estimate of drug-likeness (QED) is 0.601. The highest BCUT2D eigenvalue weighted by Gasteiger charge is 2.11. The third-order valence-electron chi connectivity index (χ3n) is 3.29. The molecule has 3 heterocycles. The van der Waals surface area contributed by atoms with Gasteiger partial charge in [-0.1, -0.05) is 6.07 Å². The standard InChI is InChI=1S/C15H11N5O2S/c21-14(9-3-4-11-12(6-9)19-20-18-11)16-7-10-8-22-15(17-10)13-2-1-5-23-13/h1-6,8H,7H2,(H,16,21)(H,18,19,20). The molecule has 0 fully saturated rings. The molecule has 0 saturated heterocycles. The summed E-state index contributed by atoms with van der Waals surface area (Å²) in [4.78, 5) is 17.5. The maximum atomic E-state index is 12.2. The van der Waals surface area contributed by atoms with Gasteiger partial charge in [-0.05, 0) is 29.6 Å². The number of carbonyl (C=O) groups excluding carboxylic acids is 1. The summed E-state index contributed by atoms with van der Waals surface area (Å²) < 4.78 is 5.42. The van der Waals surface area contributed by atoms with Crippen molar-refractivity contribution in [1.29, 1.82) is 0 Å². The van der Waals surface area contributed by atoms with E-state index in [1.54, 1.807) is 35.8 Å². The zero-order valence-electron chi connectivity index (χ0n) is 11.8. The molecule has 7 nitrogen and oxygen atoms in total. The van der Waals surface area contributed by atoms with Gasteiger partial charge in [0.15, 0.2) is 0 Å². The molecule has 0 saturated carbocycles. The van der Waals surface area contributed by atoms with Crippen molar-refractivity contribution in [2.75, 3.05) is 0 Å². The second-order valence-electron chi connectivity index (χ2n) is 4.83. The highest BCUT2D eigenvalue weighted by Crippen LogP contribution is 2.23. The number of thiophene rings is 1. The lowest BCUT2D eigenvalue weighted by atomic mass is 10.2. The van der Waals surface area contributed by atoms with Crippen molar-refractivity contribution in [1.82, 2.24) is 25.7 Å². The predicted octanol–water partition coefficient (Wildman–Crippen LogP) is 2.60. The van der Waals surface area contributed by atoms with Crippen LogP contribution < -0.4 is 5.32 Å². The van der Waals surface area contributed by atoms with E-state index in [0.29, 0.717) is 29.2 Å². The number of amides is 1. The van der Waals surface area contributed by atoms with Crippen molar-refractivity contribution in [3.05, 3.63) is 53.2 Å². The Hall–Kier alpha value is -3.00. The van der Waals surface area contributed by atoms with Crippen LogP contribution in [0.1, 0.15) is 16.1 Å². The summed E-state index contributed by atoms with van der Waals surface area (Å²) in [5.41, 5.74) is 2.57. The van der Waals surface area contributed by atoms with Gasteiger partial charge in [0.1, 0.15) is 17.3 Å². The fourth-order valence-corrected chi connectivity index (χ4v) is 2.81. The lowest BCUT2D eigenvalue weighted by Gasteiger charge is -2.02. The summed E-state index contributed by atoms with van der Waals surface area (Å²) >= 11 is 1.55. The second kappa shape index (κ2) is 5.65. The van der Waals surface area contributed by atoms with E-state index in [9.17, 15) is 4.79 Å². The smallest absolute Gasteiger partial charge is 0.251 e. The number of benzene rings is 1. The Labute approximate surface area is 134 Å². The topological polar surface area (TPSA) is 96.7 Å². The molecule has 0 radical (unpaired) electrons. The normalized spacial score (nSPS) is 11.0. The van der Waals surface area contributed by atoms with Gasteiger partial charge >= 0.3 is 0 Å². The summed E-state index contributed by atoms with van der Waals surface area (Å²) in [7, 11) is 0. The van der Waals surface area contributed by atoms with E-state index in [1.807, 2.05) is 17.5 Å². The minimum Gasteiger partial charge on any atom is -0.443 e. The maximum absolute atomic E-state index is 12.2. The first-order chi connectivity index (χ1) is 11.3. The molecule has 8 heteroatoms. The van der Waals surface area contributed by atoms with Gasteiger partial charge in [-0.3, -0.25) is 4.79 Å². The van der Waals surface area contributed by atoms with E-state index in [4.69, 9.17) is 4.42 Å². The number of aromatic nitrogens is 4. The van der Waals surface area contributed by atoms with Crippen molar-refractivity contribution >= 4 is 28.3 Å². The van der Waals surface area contributed by atoms with Crippen LogP contribution in [0.3, 0.4) is 0 Å². The van der Waals surface area contributed by atoms with E-state index < -0.39 is 0 Å². The molecule has 114 valence electrons. The Morgan fingerprint density at radius 3 is 3.04 bits per heavy atom. The van der Waals surface area contributed by atoms with Crippen LogP contribution in [-0.4, -0.2) is 26.3 Å². The number of fused-ring (bicyclic) bond motifs is 1. The van der Waals surface area contributed by atoms with Crippen molar-refractivity contribution < 1.29 is 9.21 Å². The number of carbonyl (C=O) groups is 1. The third-order valence-corrected chi connectivity index (χ3v) is 4.15. The zero-order chi connectivity index (χ0) is 15.6. The van der Waals surface area contributed by atoms with E-state index in [-0.39, 0.29) is 5.91 Å². The van der Waals surface area contributed by atoms with Crippen LogP contribution in [0, 0.1) is 0 Å². The second-order valence-corrected chi connectivity index (χ2v) is 5.78. The highest BCUT2D eigenvalue weighted by atomic mass is 32.1. The number of oxazole rings is 1. The fraction of sp³-hybridized carbons (Fsp3) is 0.0667. The van der Waals surface area contributed by atoms with Crippen molar-refractivity contribution in [3.63, 3.8) is 0 Å². The molecule has 0 atom stereocenters. The fourth-order valence-electron chi connectivity index (χ4n) is 2.16. The van der Waals surface area contributed by atoms with Gasteiger partial charge in [0.2, 0.25) is 5.89 Å². The summed E-state index contributed by atoms with van der Waals surface area (Å²) in [5.74, 6) is 0.365. The van der Waals surface area contributed by atoms with Crippen LogP contribution in [-0.2, 0) is 6.54 Å². The first-order valence-corrected chi connectivity index (χ1v) is 7.74. The van der Waals surface area contributed by atoms with Crippen molar-refractivity contribution in [2.45, 2.75) is 6.54 Å². The van der Waals surface area contributed by atoms with Crippen LogP contribution in [0.25, 0.3) is 21.8 Å². The van der Waals surface area contributed by atoms with E-state index in [1.165, 1.54) is 0 Å². The molecule has 4 rings (SSSR count). The van der Waals surface area contributed by atoms with Gasteiger partial charge in [-0.2, -0.15) is 15.4 Å². The van der Waals surface area contributed by atoms with Gasteiger partial charge in [0.25, 0.3) is 5.91 Å². The van der Waals surface area contributed by atoms with Crippen LogP contribution >= 0.6 is 11.3 Å². The molecule has 0 unspecified atom stereocenters. The lowest BCUT2D eigenvalue weighted by molar-refractivity contribution is 0.0950. The van der Waals surface area contributed by atoms with Crippen molar-refractivity contribution in [3.8, 4) is 10.8 Å². The average molecular weight is 325 g/mol. The Morgan fingerprint density at radius 1 is 1.26 bits per heavy atom. The van der Waals surface area contributed by atoms with E-state index in [0.717, 1.165) is 10.4 Å². The Balaban J connectivity index is 1.45. The van der Waals surface area contributed by atoms with Crippen LogP contribution in [0.5, 0.6) is 0 Å². The van der Waals surface area contributed by atoms with Gasteiger partial charge < -0.3 is 9.73 Å². The molecule has 0 aliphatic heterocycles. The van der Waals surface area contributed by atoms with E-state index >= 15 is 0 Å². The van der Waals surface area contributed by atoms with Crippen LogP contribution in [0.2, 0.25) is 0 Å². The molecule has 0 aliphatic rings. The number of nitrogens with one attached hydrogen (secondary N) is 2. The first-order valence-electron chi connectivity index (χ1n) is 6.86. The zero-order valence-corrected chi connectivity index (χ0v) is 12.6. The Kier molecular flexibility index (Phi) is 3.35. The molecule has 1 aromatic carbocycles. The number of rotatable bonds is 4. The average Bonchev–Trinajstić information content (AvgIpc) is 3.32. The monoisotopic (exact) mass is 325 g/mol. The molecule has 3 aromatic heterocycles.